The number of carbonyl (C=O) groups is 3. The van der Waals surface area contributed by atoms with E-state index in [0.29, 0.717) is 11.3 Å². The van der Waals surface area contributed by atoms with Crippen LogP contribution in [0.2, 0.25) is 0 Å². The van der Waals surface area contributed by atoms with E-state index in [1.165, 1.54) is 6.07 Å². The predicted octanol–water partition coefficient (Wildman–Crippen LogP) is 1.48. The van der Waals surface area contributed by atoms with E-state index in [4.69, 9.17) is 9.52 Å². The van der Waals surface area contributed by atoms with Gasteiger partial charge in [0, 0.05) is 5.56 Å². The number of nitrogens with zero attached hydrogens (tertiary/aromatic N) is 1. The number of aryl methyl sites for hydroxylation is 1. The van der Waals surface area contributed by atoms with Gasteiger partial charge in [0.05, 0.1) is 12.3 Å². The molecule has 2 heterocycles. The summed E-state index contributed by atoms with van der Waals surface area (Å²) in [4.78, 5) is 34.5. The number of carboxylic acids is 1. The van der Waals surface area contributed by atoms with E-state index >= 15 is 0 Å². The van der Waals surface area contributed by atoms with Crippen LogP contribution in [-0.2, 0) is 11.3 Å². The minimum atomic E-state index is -1.16. The number of furan rings is 1. The fourth-order valence-electron chi connectivity index (χ4n) is 1.53. The predicted molar refractivity (Wildman–Crippen MR) is 58.8 cm³/mol. The third-order valence-electron chi connectivity index (χ3n) is 2.32. The second-order valence-electron chi connectivity index (χ2n) is 3.56. The Balaban J connectivity index is 2.19. The van der Waals surface area contributed by atoms with Crippen LogP contribution < -0.4 is 0 Å². The molecule has 17 heavy (non-hydrogen) atoms. The summed E-state index contributed by atoms with van der Waals surface area (Å²) in [5, 5.41) is 8.47. The van der Waals surface area contributed by atoms with Crippen molar-refractivity contribution in [1.29, 1.82) is 0 Å². The SMILES string of the molecule is Cc1cc(CN2C(=O)CSC2=O)oc1C(=O)O. The highest BCUT2D eigenvalue weighted by molar-refractivity contribution is 8.14. The zero-order valence-corrected chi connectivity index (χ0v) is 9.74. The minimum absolute atomic E-state index is 0.0151. The first-order chi connectivity index (χ1) is 7.99. The number of amides is 2. The van der Waals surface area contributed by atoms with Gasteiger partial charge in [-0.2, -0.15) is 0 Å². The van der Waals surface area contributed by atoms with Crippen molar-refractivity contribution in [3.63, 3.8) is 0 Å². The van der Waals surface area contributed by atoms with Crippen LogP contribution in [0.4, 0.5) is 4.79 Å². The summed E-state index contributed by atoms with van der Waals surface area (Å²) in [5.74, 6) is -1.19. The summed E-state index contributed by atoms with van der Waals surface area (Å²) in [7, 11) is 0. The lowest BCUT2D eigenvalue weighted by Gasteiger charge is -2.09. The van der Waals surface area contributed by atoms with Crippen molar-refractivity contribution in [2.24, 2.45) is 0 Å². The van der Waals surface area contributed by atoms with E-state index in [1.54, 1.807) is 6.92 Å². The molecule has 6 nitrogen and oxygen atoms in total. The monoisotopic (exact) mass is 255 g/mol. The third-order valence-corrected chi connectivity index (χ3v) is 3.18. The molecule has 0 bridgehead atoms. The second kappa shape index (κ2) is 4.25. The van der Waals surface area contributed by atoms with Crippen molar-refractivity contribution in [2.45, 2.75) is 13.5 Å². The molecule has 90 valence electrons. The molecule has 1 aliphatic rings. The van der Waals surface area contributed by atoms with Gasteiger partial charge in [0.2, 0.25) is 11.7 Å². The Morgan fingerprint density at radius 1 is 1.59 bits per heavy atom. The van der Waals surface area contributed by atoms with E-state index in [0.717, 1.165) is 16.7 Å². The minimum Gasteiger partial charge on any atom is -0.475 e. The molecule has 1 N–H and O–H groups in total. The summed E-state index contributed by atoms with van der Waals surface area (Å²) in [6.45, 7) is 1.58. The molecule has 0 spiro atoms. The molecule has 0 saturated carbocycles. The van der Waals surface area contributed by atoms with Gasteiger partial charge in [-0.1, -0.05) is 11.8 Å². The molecule has 2 rings (SSSR count). The standard InChI is InChI=1S/C10H9NO5S/c1-5-2-6(16-8(5)9(13)14)3-11-7(12)4-17-10(11)15/h2H,3-4H2,1H3,(H,13,14). The van der Waals surface area contributed by atoms with Gasteiger partial charge in [0.1, 0.15) is 5.76 Å². The van der Waals surface area contributed by atoms with Crippen LogP contribution in [-0.4, -0.2) is 32.9 Å². The topological polar surface area (TPSA) is 87.8 Å². The van der Waals surface area contributed by atoms with Crippen LogP contribution in [0, 0.1) is 6.92 Å². The molecule has 1 saturated heterocycles. The Labute approximate surface area is 101 Å². The maximum Gasteiger partial charge on any atom is 0.372 e. The summed E-state index contributed by atoms with van der Waals surface area (Å²) in [5.41, 5.74) is 0.472. The molecule has 1 aromatic rings. The Kier molecular flexibility index (Phi) is 2.93. The number of aromatic carboxylic acids is 1. The number of rotatable bonds is 3. The Morgan fingerprint density at radius 3 is 2.76 bits per heavy atom. The summed E-state index contributed by atoms with van der Waals surface area (Å²) >= 11 is 0.929. The van der Waals surface area contributed by atoms with Crippen LogP contribution in [0.15, 0.2) is 10.5 Å². The molecule has 0 atom stereocenters. The maximum atomic E-state index is 11.3. The number of hydrogen-bond acceptors (Lipinski definition) is 5. The van der Waals surface area contributed by atoms with Crippen molar-refractivity contribution in [1.82, 2.24) is 4.90 Å². The first kappa shape index (κ1) is 11.7. The van der Waals surface area contributed by atoms with Crippen LogP contribution in [0.1, 0.15) is 21.9 Å². The van der Waals surface area contributed by atoms with Crippen LogP contribution in [0.25, 0.3) is 0 Å². The number of thioether (sulfide) groups is 1. The van der Waals surface area contributed by atoms with Crippen LogP contribution in [0.5, 0.6) is 0 Å². The fourth-order valence-corrected chi connectivity index (χ4v) is 2.25. The lowest BCUT2D eigenvalue weighted by molar-refractivity contribution is -0.125. The van der Waals surface area contributed by atoms with E-state index in [9.17, 15) is 14.4 Å². The number of carbonyl (C=O) groups excluding carboxylic acids is 2. The van der Waals surface area contributed by atoms with Gasteiger partial charge < -0.3 is 9.52 Å². The van der Waals surface area contributed by atoms with Crippen molar-refractivity contribution in [2.75, 3.05) is 5.75 Å². The van der Waals surface area contributed by atoms with Crippen molar-refractivity contribution >= 4 is 28.9 Å². The number of hydrogen-bond donors (Lipinski definition) is 1. The average molecular weight is 255 g/mol. The number of carboxylic acid groups (broad SMARTS) is 1. The van der Waals surface area contributed by atoms with Crippen LogP contribution >= 0.6 is 11.8 Å². The fraction of sp³-hybridized carbons (Fsp3) is 0.300. The largest absolute Gasteiger partial charge is 0.475 e. The van der Waals surface area contributed by atoms with E-state index < -0.39 is 5.97 Å². The van der Waals surface area contributed by atoms with Gasteiger partial charge in [-0.25, -0.2) is 4.79 Å². The van der Waals surface area contributed by atoms with Gasteiger partial charge >= 0.3 is 5.97 Å². The summed E-state index contributed by atoms with van der Waals surface area (Å²) in [6, 6.07) is 1.52. The quantitative estimate of drug-likeness (QED) is 0.880. The van der Waals surface area contributed by atoms with E-state index in [1.807, 2.05) is 0 Å². The molecule has 0 aromatic carbocycles. The smallest absolute Gasteiger partial charge is 0.372 e. The molecular weight excluding hydrogens is 246 g/mol. The third kappa shape index (κ3) is 2.19. The zero-order valence-electron chi connectivity index (χ0n) is 8.93. The van der Waals surface area contributed by atoms with Gasteiger partial charge in [-0.15, -0.1) is 0 Å². The molecular formula is C10H9NO5S. The highest BCUT2D eigenvalue weighted by Gasteiger charge is 2.31. The highest BCUT2D eigenvalue weighted by Crippen LogP contribution is 2.23. The molecule has 1 fully saturated rings. The zero-order chi connectivity index (χ0) is 12.6. The van der Waals surface area contributed by atoms with Crippen molar-refractivity contribution < 1.29 is 23.9 Å². The molecule has 1 aliphatic heterocycles. The first-order valence-corrected chi connectivity index (χ1v) is 5.77. The van der Waals surface area contributed by atoms with Gasteiger partial charge in [-0.05, 0) is 13.0 Å². The maximum absolute atomic E-state index is 11.3. The van der Waals surface area contributed by atoms with Gasteiger partial charge in [-0.3, -0.25) is 14.5 Å². The lowest BCUT2D eigenvalue weighted by Crippen LogP contribution is -2.27. The highest BCUT2D eigenvalue weighted by atomic mass is 32.2. The Hall–Kier alpha value is -1.76. The van der Waals surface area contributed by atoms with E-state index in [2.05, 4.69) is 0 Å². The summed E-state index contributed by atoms with van der Waals surface area (Å²) < 4.78 is 5.08. The van der Waals surface area contributed by atoms with Crippen LogP contribution in [0.3, 0.4) is 0 Å². The Bertz CT molecular complexity index is 491. The molecule has 0 unspecified atom stereocenters. The van der Waals surface area contributed by atoms with Gasteiger partial charge in [0.25, 0.3) is 5.24 Å². The Morgan fingerprint density at radius 2 is 2.29 bits per heavy atom. The lowest BCUT2D eigenvalue weighted by atomic mass is 10.2. The second-order valence-corrected chi connectivity index (χ2v) is 4.49. The van der Waals surface area contributed by atoms with Crippen molar-refractivity contribution in [3.8, 4) is 0 Å². The average Bonchev–Trinajstić information content (AvgIpc) is 2.76. The molecule has 2 amide bonds. The molecule has 7 heteroatoms. The normalized spacial score (nSPS) is 15.7. The van der Waals surface area contributed by atoms with Crippen molar-refractivity contribution in [3.05, 3.63) is 23.2 Å². The van der Waals surface area contributed by atoms with Gasteiger partial charge in [0.15, 0.2) is 0 Å². The van der Waals surface area contributed by atoms with E-state index in [-0.39, 0.29) is 29.2 Å². The summed E-state index contributed by atoms with van der Waals surface area (Å²) in [6.07, 6.45) is 0. The molecule has 0 radical (unpaired) electrons. The molecule has 1 aromatic heterocycles. The molecule has 0 aliphatic carbocycles. The first-order valence-electron chi connectivity index (χ1n) is 4.78. The number of imide groups is 1.